The number of rotatable bonds is 2. The molecular formula is C11H21F2NO. The first-order valence-corrected chi connectivity index (χ1v) is 5.51. The minimum absolute atomic E-state index is 0.0550. The van der Waals surface area contributed by atoms with E-state index in [4.69, 9.17) is 5.11 Å². The molecule has 0 unspecified atom stereocenters. The molecule has 90 valence electrons. The van der Waals surface area contributed by atoms with Crippen LogP contribution in [0.2, 0.25) is 0 Å². The second-order valence-electron chi connectivity index (χ2n) is 5.35. The molecule has 0 aliphatic carbocycles. The van der Waals surface area contributed by atoms with Gasteiger partial charge >= 0.3 is 0 Å². The first-order chi connectivity index (χ1) is 6.77. The number of alkyl halides is 2. The Labute approximate surface area is 90.3 Å². The molecule has 1 fully saturated rings. The summed E-state index contributed by atoms with van der Waals surface area (Å²) >= 11 is 0. The number of hydrogen-bond acceptors (Lipinski definition) is 2. The largest absolute Gasteiger partial charge is 0.390 e. The second-order valence-corrected chi connectivity index (χ2v) is 5.35. The third-order valence-electron chi connectivity index (χ3n) is 3.25. The van der Waals surface area contributed by atoms with Crippen LogP contribution in [0, 0.1) is 5.92 Å². The number of aliphatic hydroxyl groups is 1. The minimum Gasteiger partial charge on any atom is -0.390 e. The van der Waals surface area contributed by atoms with Gasteiger partial charge in [-0.15, -0.1) is 0 Å². The molecule has 0 bridgehead atoms. The lowest BCUT2D eigenvalue weighted by molar-refractivity contribution is -0.117. The molecule has 0 atom stereocenters. The van der Waals surface area contributed by atoms with Crippen molar-refractivity contribution in [3.8, 4) is 0 Å². The van der Waals surface area contributed by atoms with Gasteiger partial charge in [-0.25, -0.2) is 8.78 Å². The third-order valence-corrected chi connectivity index (χ3v) is 3.25. The molecule has 4 heteroatoms. The molecule has 2 nitrogen and oxygen atoms in total. The van der Waals surface area contributed by atoms with Crippen molar-refractivity contribution in [3.05, 3.63) is 0 Å². The Bertz CT molecular complexity index is 205. The molecule has 1 aliphatic heterocycles. The molecule has 0 radical (unpaired) electrons. The molecule has 0 amide bonds. The van der Waals surface area contributed by atoms with Gasteiger partial charge in [-0.3, -0.25) is 4.90 Å². The fraction of sp³-hybridized carbons (Fsp3) is 1.00. The Morgan fingerprint density at radius 3 is 2.00 bits per heavy atom. The first kappa shape index (κ1) is 12.8. The van der Waals surface area contributed by atoms with Gasteiger partial charge in [-0.1, -0.05) is 0 Å². The fourth-order valence-electron chi connectivity index (χ4n) is 2.10. The van der Waals surface area contributed by atoms with E-state index in [1.807, 2.05) is 0 Å². The van der Waals surface area contributed by atoms with Gasteiger partial charge in [-0.05, 0) is 46.7 Å². The van der Waals surface area contributed by atoms with Gasteiger partial charge < -0.3 is 5.11 Å². The number of nitrogens with zero attached hydrogens (tertiary/aromatic N) is 1. The molecule has 1 N–H and O–H groups in total. The number of hydrogen-bond donors (Lipinski definition) is 1. The molecule has 0 spiro atoms. The quantitative estimate of drug-likeness (QED) is 0.772. The van der Waals surface area contributed by atoms with Crippen LogP contribution in [-0.2, 0) is 0 Å². The van der Waals surface area contributed by atoms with Crippen LogP contribution in [0.5, 0.6) is 0 Å². The van der Waals surface area contributed by atoms with Crippen molar-refractivity contribution in [1.29, 1.82) is 0 Å². The maximum absolute atomic E-state index is 13.2. The Morgan fingerprint density at radius 1 is 1.20 bits per heavy atom. The van der Waals surface area contributed by atoms with E-state index in [0.29, 0.717) is 25.9 Å². The maximum atomic E-state index is 13.2. The average Bonchev–Trinajstić information content (AvgIpc) is 2.17. The number of piperidine rings is 1. The van der Waals surface area contributed by atoms with E-state index in [0.717, 1.165) is 0 Å². The molecule has 1 rings (SSSR count). The number of halogens is 2. The van der Waals surface area contributed by atoms with Gasteiger partial charge in [0.25, 0.3) is 5.92 Å². The predicted molar refractivity (Wildman–Crippen MR) is 56.1 cm³/mol. The lowest BCUT2D eigenvalue weighted by atomic mass is 9.88. The lowest BCUT2D eigenvalue weighted by Crippen LogP contribution is -2.49. The average molecular weight is 221 g/mol. The zero-order chi connectivity index (χ0) is 11.7. The minimum atomic E-state index is -2.90. The summed E-state index contributed by atoms with van der Waals surface area (Å²) in [4.78, 5) is 2.22. The molecular weight excluding hydrogens is 200 g/mol. The molecule has 15 heavy (non-hydrogen) atoms. The van der Waals surface area contributed by atoms with E-state index in [9.17, 15) is 8.78 Å². The van der Waals surface area contributed by atoms with Crippen molar-refractivity contribution in [3.63, 3.8) is 0 Å². The summed E-state index contributed by atoms with van der Waals surface area (Å²) in [6.45, 7) is 6.66. The SMILES string of the molecule is CC(C)(C)N1CCC(C(F)(F)CO)CC1. The monoisotopic (exact) mass is 221 g/mol. The van der Waals surface area contributed by atoms with E-state index in [1.54, 1.807) is 0 Å². The summed E-state index contributed by atoms with van der Waals surface area (Å²) < 4.78 is 26.4. The van der Waals surface area contributed by atoms with E-state index in [-0.39, 0.29) is 5.54 Å². The van der Waals surface area contributed by atoms with E-state index < -0.39 is 18.4 Å². The summed E-state index contributed by atoms with van der Waals surface area (Å²) in [5, 5.41) is 8.61. The van der Waals surface area contributed by atoms with Crippen molar-refractivity contribution in [2.75, 3.05) is 19.7 Å². The molecule has 1 heterocycles. The zero-order valence-corrected chi connectivity index (χ0v) is 9.76. The van der Waals surface area contributed by atoms with E-state index in [2.05, 4.69) is 25.7 Å². The summed E-state index contributed by atoms with van der Waals surface area (Å²) in [7, 11) is 0. The van der Waals surface area contributed by atoms with Crippen molar-refractivity contribution in [1.82, 2.24) is 4.90 Å². The zero-order valence-electron chi connectivity index (χ0n) is 9.76. The maximum Gasteiger partial charge on any atom is 0.273 e. The molecule has 1 saturated heterocycles. The van der Waals surface area contributed by atoms with Crippen molar-refractivity contribution < 1.29 is 13.9 Å². The first-order valence-electron chi connectivity index (χ1n) is 5.51. The van der Waals surface area contributed by atoms with Crippen molar-refractivity contribution in [2.45, 2.75) is 45.1 Å². The van der Waals surface area contributed by atoms with Crippen LogP contribution >= 0.6 is 0 Å². The van der Waals surface area contributed by atoms with Crippen LogP contribution in [-0.4, -0.2) is 41.2 Å². The summed E-state index contributed by atoms with van der Waals surface area (Å²) in [5.74, 6) is -3.55. The third kappa shape index (κ3) is 3.11. The van der Waals surface area contributed by atoms with Crippen LogP contribution in [0.15, 0.2) is 0 Å². The van der Waals surface area contributed by atoms with Crippen molar-refractivity contribution in [2.24, 2.45) is 5.92 Å². The highest BCUT2D eigenvalue weighted by Crippen LogP contribution is 2.34. The van der Waals surface area contributed by atoms with Gasteiger partial charge in [0.2, 0.25) is 0 Å². The van der Waals surface area contributed by atoms with Crippen LogP contribution in [0.3, 0.4) is 0 Å². The predicted octanol–water partition coefficient (Wildman–Crippen LogP) is 2.12. The summed E-state index contributed by atoms with van der Waals surface area (Å²) in [5.41, 5.74) is 0.0550. The lowest BCUT2D eigenvalue weighted by Gasteiger charge is -2.42. The topological polar surface area (TPSA) is 23.5 Å². The van der Waals surface area contributed by atoms with Crippen molar-refractivity contribution >= 4 is 0 Å². The molecule has 0 aromatic carbocycles. The molecule has 0 aromatic heterocycles. The highest BCUT2D eigenvalue weighted by molar-refractivity contribution is 4.86. The summed E-state index contributed by atoms with van der Waals surface area (Å²) in [6, 6.07) is 0. The van der Waals surface area contributed by atoms with Gasteiger partial charge in [0.15, 0.2) is 0 Å². The Hall–Kier alpha value is -0.220. The number of aliphatic hydroxyl groups excluding tert-OH is 1. The standard InChI is InChI=1S/C11H21F2NO/c1-10(2,3)14-6-4-9(5-7-14)11(12,13)8-15/h9,15H,4-8H2,1-3H3. The Morgan fingerprint density at radius 2 is 1.67 bits per heavy atom. The van der Waals surface area contributed by atoms with Crippen LogP contribution in [0.1, 0.15) is 33.6 Å². The van der Waals surface area contributed by atoms with Crippen LogP contribution in [0.4, 0.5) is 8.78 Å². The van der Waals surface area contributed by atoms with Crippen LogP contribution in [0.25, 0.3) is 0 Å². The highest BCUT2D eigenvalue weighted by Gasteiger charge is 2.41. The molecule has 1 aliphatic rings. The van der Waals surface area contributed by atoms with E-state index in [1.165, 1.54) is 0 Å². The summed E-state index contributed by atoms with van der Waals surface area (Å²) in [6.07, 6.45) is 0.954. The number of likely N-dealkylation sites (tertiary alicyclic amines) is 1. The normalized spacial score (nSPS) is 22.0. The van der Waals surface area contributed by atoms with Gasteiger partial charge in [0.05, 0.1) is 0 Å². The van der Waals surface area contributed by atoms with E-state index >= 15 is 0 Å². The highest BCUT2D eigenvalue weighted by atomic mass is 19.3. The van der Waals surface area contributed by atoms with Gasteiger partial charge in [0, 0.05) is 11.5 Å². The van der Waals surface area contributed by atoms with Gasteiger partial charge in [0.1, 0.15) is 6.61 Å². The molecule has 0 saturated carbocycles. The smallest absolute Gasteiger partial charge is 0.273 e. The van der Waals surface area contributed by atoms with Gasteiger partial charge in [-0.2, -0.15) is 0 Å². The fourth-order valence-corrected chi connectivity index (χ4v) is 2.10. The Balaban J connectivity index is 2.50. The second kappa shape index (κ2) is 4.34. The Kier molecular flexibility index (Phi) is 3.71. The molecule has 0 aromatic rings. The van der Waals surface area contributed by atoms with Crippen LogP contribution < -0.4 is 0 Å².